The number of ether oxygens (including phenoxy) is 1. The van der Waals surface area contributed by atoms with Gasteiger partial charge in [-0.05, 0) is 31.2 Å². The number of hydrogen-bond acceptors (Lipinski definition) is 3. The van der Waals surface area contributed by atoms with Gasteiger partial charge in [-0.15, -0.1) is 11.8 Å². The fourth-order valence-electron chi connectivity index (χ4n) is 1.77. The fourth-order valence-corrected chi connectivity index (χ4v) is 2.31. The zero-order valence-electron chi connectivity index (χ0n) is 11.5. The summed E-state index contributed by atoms with van der Waals surface area (Å²) in [4.78, 5) is 1.21. The molecule has 0 radical (unpaired) electrons. The smallest absolute Gasteiger partial charge is 0.132 e. The van der Waals surface area contributed by atoms with Crippen LogP contribution in [-0.2, 0) is 0 Å². The summed E-state index contributed by atoms with van der Waals surface area (Å²) in [5.41, 5.74) is 0.175. The van der Waals surface area contributed by atoms with Crippen LogP contribution in [0.5, 0.6) is 5.75 Å². The Morgan fingerprint density at radius 3 is 2.72 bits per heavy atom. The molecule has 0 amide bonds. The van der Waals surface area contributed by atoms with Gasteiger partial charge in [0.25, 0.3) is 0 Å². The van der Waals surface area contributed by atoms with Gasteiger partial charge in [-0.25, -0.2) is 0 Å². The maximum atomic E-state index is 5.98. The van der Waals surface area contributed by atoms with Gasteiger partial charge in [-0.3, -0.25) is 0 Å². The van der Waals surface area contributed by atoms with Crippen molar-refractivity contribution in [1.29, 1.82) is 0 Å². The zero-order valence-corrected chi connectivity index (χ0v) is 12.3. The number of thioether (sulfide) groups is 1. The van der Waals surface area contributed by atoms with Crippen LogP contribution in [0.25, 0.3) is 0 Å². The summed E-state index contributed by atoms with van der Waals surface area (Å²) < 4.78 is 5.98. The number of hydrogen-bond donors (Lipinski definition) is 1. The van der Waals surface area contributed by atoms with Crippen LogP contribution in [0.2, 0.25) is 0 Å². The molecular formula is C15H23NOS. The quantitative estimate of drug-likeness (QED) is 0.762. The van der Waals surface area contributed by atoms with Crippen LogP contribution in [-0.4, -0.2) is 25.4 Å². The highest BCUT2D eigenvalue weighted by molar-refractivity contribution is 7.98. The van der Waals surface area contributed by atoms with E-state index >= 15 is 0 Å². The summed E-state index contributed by atoms with van der Waals surface area (Å²) in [6, 6.07) is 9.01. The topological polar surface area (TPSA) is 21.3 Å². The van der Waals surface area contributed by atoms with Gasteiger partial charge in [0.15, 0.2) is 0 Å². The molecule has 100 valence electrons. The minimum atomic E-state index is 0.175. The molecule has 1 aliphatic rings. The van der Waals surface area contributed by atoms with Gasteiger partial charge >= 0.3 is 0 Å². The largest absolute Gasteiger partial charge is 0.492 e. The normalized spacial score (nSPS) is 15.7. The second kappa shape index (κ2) is 5.98. The molecule has 2 rings (SSSR count). The lowest BCUT2D eigenvalue weighted by Gasteiger charge is -2.25. The second-order valence-corrected chi connectivity index (χ2v) is 6.61. The summed E-state index contributed by atoms with van der Waals surface area (Å²) in [5.74, 6) is 1.00. The second-order valence-electron chi connectivity index (χ2n) is 5.76. The molecule has 1 fully saturated rings. The molecule has 1 aromatic carbocycles. The molecule has 0 saturated heterocycles. The first kappa shape index (κ1) is 13.8. The van der Waals surface area contributed by atoms with Crippen molar-refractivity contribution in [3.8, 4) is 5.75 Å². The van der Waals surface area contributed by atoms with E-state index in [1.807, 2.05) is 6.07 Å². The van der Waals surface area contributed by atoms with Crippen LogP contribution in [0.1, 0.15) is 26.7 Å². The van der Waals surface area contributed by atoms with Gasteiger partial charge in [-0.2, -0.15) is 0 Å². The molecule has 1 aromatic rings. The van der Waals surface area contributed by atoms with E-state index in [1.54, 1.807) is 11.8 Å². The van der Waals surface area contributed by atoms with Crippen LogP contribution in [0.4, 0.5) is 0 Å². The molecule has 0 heterocycles. The Morgan fingerprint density at radius 1 is 1.33 bits per heavy atom. The highest BCUT2D eigenvalue weighted by Crippen LogP contribution is 2.29. The van der Waals surface area contributed by atoms with Gasteiger partial charge in [0, 0.05) is 22.9 Å². The summed E-state index contributed by atoms with van der Waals surface area (Å²) >= 11 is 1.73. The number of para-hydroxylation sites is 1. The Labute approximate surface area is 114 Å². The number of rotatable bonds is 7. The Bertz CT molecular complexity index is 388. The number of benzene rings is 1. The van der Waals surface area contributed by atoms with Crippen LogP contribution >= 0.6 is 11.8 Å². The molecular weight excluding hydrogens is 242 g/mol. The van der Waals surface area contributed by atoms with E-state index in [-0.39, 0.29) is 5.41 Å². The Morgan fingerprint density at radius 2 is 2.06 bits per heavy atom. The fraction of sp³-hybridized carbons (Fsp3) is 0.600. The van der Waals surface area contributed by atoms with E-state index in [9.17, 15) is 0 Å². The predicted octanol–water partition coefficient (Wildman–Crippen LogP) is 3.57. The maximum absolute atomic E-state index is 5.98. The first-order valence-electron chi connectivity index (χ1n) is 6.60. The summed E-state index contributed by atoms with van der Waals surface area (Å²) in [6.45, 7) is 6.29. The van der Waals surface area contributed by atoms with E-state index in [1.165, 1.54) is 17.7 Å². The first-order chi connectivity index (χ1) is 8.61. The summed E-state index contributed by atoms with van der Waals surface area (Å²) in [6.07, 6.45) is 4.76. The SMILES string of the molecule is CSc1ccccc1OCC(C)(C)CNC1CC1. The van der Waals surface area contributed by atoms with Crippen molar-refractivity contribution in [2.24, 2.45) is 5.41 Å². The van der Waals surface area contributed by atoms with E-state index < -0.39 is 0 Å². The van der Waals surface area contributed by atoms with Crippen LogP contribution in [0.15, 0.2) is 29.2 Å². The standard InChI is InChI=1S/C15H23NOS/c1-15(2,10-16-12-8-9-12)11-17-13-6-4-5-7-14(13)18-3/h4-7,12,16H,8-11H2,1-3H3. The van der Waals surface area contributed by atoms with Gasteiger partial charge in [0.05, 0.1) is 6.61 Å². The molecule has 2 nitrogen and oxygen atoms in total. The van der Waals surface area contributed by atoms with E-state index in [4.69, 9.17) is 4.74 Å². The van der Waals surface area contributed by atoms with Crippen LogP contribution in [0, 0.1) is 5.41 Å². The predicted molar refractivity (Wildman–Crippen MR) is 78.5 cm³/mol. The summed E-state index contributed by atoms with van der Waals surface area (Å²) in [5, 5.41) is 3.58. The van der Waals surface area contributed by atoms with Gasteiger partial charge in [-0.1, -0.05) is 26.0 Å². The molecule has 1 N–H and O–H groups in total. The van der Waals surface area contributed by atoms with Gasteiger partial charge < -0.3 is 10.1 Å². The molecule has 18 heavy (non-hydrogen) atoms. The molecule has 3 heteroatoms. The molecule has 1 saturated carbocycles. The van der Waals surface area contributed by atoms with E-state index in [2.05, 4.69) is 43.6 Å². The van der Waals surface area contributed by atoms with E-state index in [0.29, 0.717) is 0 Å². The molecule has 0 aliphatic heterocycles. The lowest BCUT2D eigenvalue weighted by atomic mass is 9.95. The molecule has 0 spiro atoms. The highest BCUT2D eigenvalue weighted by Gasteiger charge is 2.25. The third-order valence-corrected chi connectivity index (χ3v) is 3.91. The Kier molecular flexibility index (Phi) is 4.57. The van der Waals surface area contributed by atoms with Crippen molar-refractivity contribution in [3.63, 3.8) is 0 Å². The maximum Gasteiger partial charge on any atom is 0.132 e. The monoisotopic (exact) mass is 265 g/mol. The van der Waals surface area contributed by atoms with Gasteiger partial charge in [0.1, 0.15) is 5.75 Å². The number of nitrogens with one attached hydrogen (secondary N) is 1. The van der Waals surface area contributed by atoms with Crippen LogP contribution in [0.3, 0.4) is 0 Å². The van der Waals surface area contributed by atoms with Crippen molar-refractivity contribution in [2.75, 3.05) is 19.4 Å². The third-order valence-electron chi connectivity index (χ3n) is 3.13. The van der Waals surface area contributed by atoms with Crippen LogP contribution < -0.4 is 10.1 Å². The van der Waals surface area contributed by atoms with Crippen molar-refractivity contribution in [2.45, 2.75) is 37.6 Å². The van der Waals surface area contributed by atoms with Gasteiger partial charge in [0.2, 0.25) is 0 Å². The van der Waals surface area contributed by atoms with Crippen molar-refractivity contribution < 1.29 is 4.74 Å². The molecule has 0 bridgehead atoms. The Balaban J connectivity index is 1.84. The summed E-state index contributed by atoms with van der Waals surface area (Å²) in [7, 11) is 0. The zero-order chi connectivity index (χ0) is 13.0. The average Bonchev–Trinajstić information content (AvgIpc) is 3.19. The van der Waals surface area contributed by atoms with E-state index in [0.717, 1.165) is 24.9 Å². The molecule has 0 atom stereocenters. The first-order valence-corrected chi connectivity index (χ1v) is 7.82. The van der Waals surface area contributed by atoms with Crippen molar-refractivity contribution in [3.05, 3.63) is 24.3 Å². The molecule has 0 unspecified atom stereocenters. The molecule has 0 aromatic heterocycles. The highest BCUT2D eigenvalue weighted by atomic mass is 32.2. The average molecular weight is 265 g/mol. The molecule has 1 aliphatic carbocycles. The lowest BCUT2D eigenvalue weighted by Crippen LogP contribution is -2.35. The minimum Gasteiger partial charge on any atom is -0.492 e. The van der Waals surface area contributed by atoms with Crippen molar-refractivity contribution in [1.82, 2.24) is 5.32 Å². The Hall–Kier alpha value is -0.670. The lowest BCUT2D eigenvalue weighted by molar-refractivity contribution is 0.173. The third kappa shape index (κ3) is 4.21. The minimum absolute atomic E-state index is 0.175. The van der Waals surface area contributed by atoms with Crippen molar-refractivity contribution >= 4 is 11.8 Å².